The topological polar surface area (TPSA) is 4.93 Å². The average Bonchev–Trinajstić information content (AvgIpc) is 2.81. The minimum atomic E-state index is 1.10. The van der Waals surface area contributed by atoms with Crippen molar-refractivity contribution in [3.63, 3.8) is 0 Å². The molecular formula is C19H18BrN. The van der Waals surface area contributed by atoms with Gasteiger partial charge in [-0.25, -0.2) is 0 Å². The molecule has 0 fully saturated rings. The largest absolute Gasteiger partial charge is 0.310 e. The number of nitrogens with zero attached hydrogens (tertiary/aromatic N) is 1. The van der Waals surface area contributed by atoms with Gasteiger partial charge in [-0.1, -0.05) is 51.8 Å². The molecule has 2 heteroatoms. The molecule has 0 N–H and O–H groups in total. The lowest BCUT2D eigenvalue weighted by Crippen LogP contribution is -2.29. The first-order valence-electron chi connectivity index (χ1n) is 7.12. The molecule has 0 aliphatic carbocycles. The highest BCUT2D eigenvalue weighted by atomic mass is 79.9. The fourth-order valence-corrected chi connectivity index (χ4v) is 3.34. The van der Waals surface area contributed by atoms with E-state index in [0.29, 0.717) is 0 Å². The van der Waals surface area contributed by atoms with Gasteiger partial charge in [0.25, 0.3) is 0 Å². The Balaban J connectivity index is 2.58. The Bertz CT molecular complexity index is 928. The van der Waals surface area contributed by atoms with E-state index in [4.69, 9.17) is 0 Å². The highest BCUT2D eigenvalue weighted by Gasteiger charge is 2.09. The van der Waals surface area contributed by atoms with Crippen LogP contribution in [0.25, 0.3) is 28.2 Å². The monoisotopic (exact) mass is 339 g/mol. The molecule has 1 heterocycles. The molecule has 0 saturated heterocycles. The van der Waals surface area contributed by atoms with Crippen LogP contribution in [0, 0.1) is 0 Å². The standard InChI is InChI=1S/C19H18BrN/c1-4-17-19(13(2)3)16-10-5-6-11-18(16)21(17)15-9-7-8-14(20)12-15/h4-12H,1-3H3/b17-4+. The summed E-state index contributed by atoms with van der Waals surface area (Å²) in [6.07, 6.45) is 2.20. The van der Waals surface area contributed by atoms with Crippen LogP contribution in [0.15, 0.2) is 53.0 Å². The van der Waals surface area contributed by atoms with Gasteiger partial charge in [-0.3, -0.25) is 0 Å². The van der Waals surface area contributed by atoms with E-state index in [9.17, 15) is 0 Å². The molecular weight excluding hydrogens is 322 g/mol. The molecule has 0 bridgehead atoms. The first kappa shape index (κ1) is 14.2. The van der Waals surface area contributed by atoms with Crippen LogP contribution in [0.3, 0.4) is 0 Å². The van der Waals surface area contributed by atoms with Crippen molar-refractivity contribution in [1.29, 1.82) is 0 Å². The maximum Gasteiger partial charge on any atom is 0.0540 e. The predicted octanol–water partition coefficient (Wildman–Crippen LogP) is 4.38. The number of para-hydroxylation sites is 1. The van der Waals surface area contributed by atoms with Crippen LogP contribution in [0.1, 0.15) is 20.8 Å². The van der Waals surface area contributed by atoms with E-state index < -0.39 is 0 Å². The van der Waals surface area contributed by atoms with E-state index in [1.165, 1.54) is 32.7 Å². The molecule has 0 spiro atoms. The second-order valence-corrected chi connectivity index (χ2v) is 6.30. The third kappa shape index (κ3) is 2.34. The SMILES string of the molecule is C/C=c1\c(=C(C)C)c2ccccc2n1-c1cccc(Br)c1. The van der Waals surface area contributed by atoms with Crippen LogP contribution in [-0.2, 0) is 0 Å². The number of rotatable bonds is 1. The summed E-state index contributed by atoms with van der Waals surface area (Å²) in [5, 5.41) is 3.91. The molecule has 1 aromatic heterocycles. The smallest absolute Gasteiger partial charge is 0.0540 e. The summed E-state index contributed by atoms with van der Waals surface area (Å²) in [7, 11) is 0. The fourth-order valence-electron chi connectivity index (χ4n) is 2.95. The van der Waals surface area contributed by atoms with Crippen LogP contribution in [0.4, 0.5) is 0 Å². The summed E-state index contributed by atoms with van der Waals surface area (Å²) in [5.41, 5.74) is 3.77. The lowest BCUT2D eigenvalue weighted by molar-refractivity contribution is 1.06. The summed E-state index contributed by atoms with van der Waals surface area (Å²) in [6.45, 7) is 6.47. The van der Waals surface area contributed by atoms with Gasteiger partial charge in [0.2, 0.25) is 0 Å². The minimum Gasteiger partial charge on any atom is -0.310 e. The third-order valence-electron chi connectivity index (χ3n) is 3.75. The molecule has 0 aliphatic heterocycles. The maximum absolute atomic E-state index is 3.58. The van der Waals surface area contributed by atoms with Gasteiger partial charge in [0, 0.05) is 26.1 Å². The molecule has 0 saturated carbocycles. The molecule has 0 atom stereocenters. The summed E-state index contributed by atoms with van der Waals surface area (Å²) in [6, 6.07) is 17.1. The second-order valence-electron chi connectivity index (χ2n) is 5.38. The molecule has 3 aromatic rings. The van der Waals surface area contributed by atoms with Crippen molar-refractivity contribution in [2.24, 2.45) is 0 Å². The van der Waals surface area contributed by atoms with E-state index in [1.807, 2.05) is 0 Å². The Morgan fingerprint density at radius 2 is 1.81 bits per heavy atom. The van der Waals surface area contributed by atoms with E-state index in [2.05, 4.69) is 95.9 Å². The van der Waals surface area contributed by atoms with Crippen molar-refractivity contribution >= 4 is 38.5 Å². The number of hydrogen-bond acceptors (Lipinski definition) is 0. The van der Waals surface area contributed by atoms with Crippen molar-refractivity contribution < 1.29 is 0 Å². The lowest BCUT2D eigenvalue weighted by atomic mass is 10.1. The number of halogens is 1. The van der Waals surface area contributed by atoms with E-state index in [0.717, 1.165) is 4.47 Å². The van der Waals surface area contributed by atoms with E-state index >= 15 is 0 Å². The number of fused-ring (bicyclic) bond motifs is 1. The molecule has 3 rings (SSSR count). The number of hydrogen-bond donors (Lipinski definition) is 0. The normalized spacial score (nSPS) is 12.1. The van der Waals surface area contributed by atoms with Crippen molar-refractivity contribution in [3.05, 3.63) is 63.6 Å². The highest BCUT2D eigenvalue weighted by molar-refractivity contribution is 9.10. The third-order valence-corrected chi connectivity index (χ3v) is 4.24. The summed E-state index contributed by atoms with van der Waals surface area (Å²) in [4.78, 5) is 0. The van der Waals surface area contributed by atoms with Crippen LogP contribution in [-0.4, -0.2) is 4.57 Å². The molecule has 0 aliphatic rings. The van der Waals surface area contributed by atoms with Gasteiger partial charge in [0.1, 0.15) is 0 Å². The highest BCUT2D eigenvalue weighted by Crippen LogP contribution is 2.18. The van der Waals surface area contributed by atoms with Crippen LogP contribution >= 0.6 is 15.9 Å². The van der Waals surface area contributed by atoms with Crippen LogP contribution in [0.5, 0.6) is 0 Å². The zero-order valence-electron chi connectivity index (χ0n) is 12.5. The molecule has 0 radical (unpaired) electrons. The first-order chi connectivity index (χ1) is 10.1. The summed E-state index contributed by atoms with van der Waals surface area (Å²) < 4.78 is 3.43. The molecule has 0 amide bonds. The van der Waals surface area contributed by atoms with Gasteiger partial charge in [0.05, 0.1) is 5.52 Å². The van der Waals surface area contributed by atoms with Gasteiger partial charge in [-0.2, -0.15) is 0 Å². The Morgan fingerprint density at radius 3 is 2.48 bits per heavy atom. The first-order valence-corrected chi connectivity index (χ1v) is 7.92. The fraction of sp³-hybridized carbons (Fsp3) is 0.158. The Hall–Kier alpha value is -1.80. The maximum atomic E-state index is 3.58. The zero-order chi connectivity index (χ0) is 15.0. The predicted molar refractivity (Wildman–Crippen MR) is 95.1 cm³/mol. The van der Waals surface area contributed by atoms with Crippen molar-refractivity contribution in [1.82, 2.24) is 4.57 Å². The van der Waals surface area contributed by atoms with Crippen molar-refractivity contribution in [2.75, 3.05) is 0 Å². The summed E-state index contributed by atoms with van der Waals surface area (Å²) in [5.74, 6) is 0. The lowest BCUT2D eigenvalue weighted by Gasteiger charge is -2.07. The van der Waals surface area contributed by atoms with E-state index in [-0.39, 0.29) is 0 Å². The number of aromatic nitrogens is 1. The quantitative estimate of drug-likeness (QED) is 0.619. The van der Waals surface area contributed by atoms with Crippen LogP contribution < -0.4 is 10.6 Å². The molecule has 2 aromatic carbocycles. The average molecular weight is 340 g/mol. The Labute approximate surface area is 133 Å². The Kier molecular flexibility index (Phi) is 3.73. The van der Waals surface area contributed by atoms with Gasteiger partial charge in [-0.05, 0) is 45.0 Å². The Morgan fingerprint density at radius 1 is 1.05 bits per heavy atom. The van der Waals surface area contributed by atoms with Gasteiger partial charge >= 0.3 is 0 Å². The van der Waals surface area contributed by atoms with Crippen LogP contribution in [0.2, 0.25) is 0 Å². The molecule has 1 nitrogen and oxygen atoms in total. The molecule has 0 unspecified atom stereocenters. The minimum absolute atomic E-state index is 1.10. The molecule has 21 heavy (non-hydrogen) atoms. The van der Waals surface area contributed by atoms with Gasteiger partial charge in [-0.15, -0.1) is 0 Å². The van der Waals surface area contributed by atoms with E-state index in [1.54, 1.807) is 0 Å². The number of benzene rings is 2. The second kappa shape index (κ2) is 5.53. The van der Waals surface area contributed by atoms with Crippen molar-refractivity contribution in [3.8, 4) is 5.69 Å². The van der Waals surface area contributed by atoms with Gasteiger partial charge < -0.3 is 4.57 Å². The van der Waals surface area contributed by atoms with Gasteiger partial charge in [0.15, 0.2) is 0 Å². The van der Waals surface area contributed by atoms with Crippen molar-refractivity contribution in [2.45, 2.75) is 20.8 Å². The summed E-state index contributed by atoms with van der Waals surface area (Å²) >= 11 is 3.58. The zero-order valence-corrected chi connectivity index (χ0v) is 14.1. The molecule has 106 valence electrons.